The van der Waals surface area contributed by atoms with Gasteiger partial charge in [0, 0.05) is 22.7 Å². The Bertz CT molecular complexity index is 979. The molecule has 0 spiro atoms. The fraction of sp³-hybridized carbons (Fsp3) is 0.400. The Balaban J connectivity index is 0.000000290. The maximum Gasteiger partial charge on any atom is 0.253 e. The number of rotatable bonds is 4. The molecule has 9 heteroatoms. The first-order chi connectivity index (χ1) is 13.9. The third-order valence-electron chi connectivity index (χ3n) is 4.53. The van der Waals surface area contributed by atoms with Crippen LogP contribution in [0.2, 0.25) is 0 Å². The Morgan fingerprint density at radius 3 is 2.52 bits per heavy atom. The quantitative estimate of drug-likeness (QED) is 0.482. The van der Waals surface area contributed by atoms with Gasteiger partial charge in [-0.1, -0.05) is 19.3 Å². The molecule has 0 atom stereocenters. The lowest BCUT2D eigenvalue weighted by Crippen LogP contribution is -2.22. The summed E-state index contributed by atoms with van der Waals surface area (Å²) in [6.45, 7) is 0. The molecular weight excluding hydrogens is 452 g/mol. The maximum atomic E-state index is 11.8. The van der Waals surface area contributed by atoms with E-state index in [0.29, 0.717) is 17.5 Å². The van der Waals surface area contributed by atoms with E-state index in [0.717, 1.165) is 15.1 Å². The number of anilines is 2. The summed E-state index contributed by atoms with van der Waals surface area (Å²) in [6, 6.07) is 10.0. The minimum atomic E-state index is -0.184. The van der Waals surface area contributed by atoms with Gasteiger partial charge in [-0.2, -0.15) is 9.61 Å². The van der Waals surface area contributed by atoms with Crippen LogP contribution in [0.3, 0.4) is 0 Å². The number of halogens is 1. The van der Waals surface area contributed by atoms with Gasteiger partial charge in [-0.25, -0.2) is 0 Å². The van der Waals surface area contributed by atoms with Crippen LogP contribution < -0.4 is 16.6 Å². The predicted molar refractivity (Wildman–Crippen MR) is 124 cm³/mol. The minimum absolute atomic E-state index is 0.184. The molecule has 1 saturated carbocycles. The number of aromatic amines is 1. The van der Waals surface area contributed by atoms with E-state index in [2.05, 4.69) is 31.3 Å². The van der Waals surface area contributed by atoms with Gasteiger partial charge in [-0.15, -0.1) is 0 Å². The standard InChI is InChI=1S/C14H14BrN5OS.C6H13N/c1-19(2)22-10-5-3-9(4-6-10)17-12-7-13(21)18-14-11(15)8-16-20(12)14;7-6-4-2-1-3-5-6/h3-8,17H,1-2H3,(H,18,21);6H,1-5,7H2. The summed E-state index contributed by atoms with van der Waals surface area (Å²) in [4.78, 5) is 15.6. The zero-order valence-corrected chi connectivity index (χ0v) is 19.1. The summed E-state index contributed by atoms with van der Waals surface area (Å²) in [5.74, 6) is 0.609. The summed E-state index contributed by atoms with van der Waals surface area (Å²) in [5, 5.41) is 7.46. The van der Waals surface area contributed by atoms with Gasteiger partial charge in [0.05, 0.1) is 10.7 Å². The zero-order valence-electron chi connectivity index (χ0n) is 16.7. The van der Waals surface area contributed by atoms with E-state index in [4.69, 9.17) is 5.73 Å². The Morgan fingerprint density at radius 1 is 1.24 bits per heavy atom. The van der Waals surface area contributed by atoms with Crippen molar-refractivity contribution in [1.29, 1.82) is 0 Å². The summed E-state index contributed by atoms with van der Waals surface area (Å²) in [6.07, 6.45) is 8.31. The van der Waals surface area contributed by atoms with Crippen molar-refractivity contribution in [2.45, 2.75) is 43.0 Å². The van der Waals surface area contributed by atoms with Crippen molar-refractivity contribution in [3.05, 3.63) is 51.4 Å². The van der Waals surface area contributed by atoms with Crippen LogP contribution in [-0.2, 0) is 0 Å². The second-order valence-electron chi connectivity index (χ2n) is 7.22. The van der Waals surface area contributed by atoms with E-state index < -0.39 is 0 Å². The first-order valence-corrected chi connectivity index (χ1v) is 11.2. The largest absolute Gasteiger partial charge is 0.340 e. The van der Waals surface area contributed by atoms with E-state index in [1.165, 1.54) is 38.2 Å². The van der Waals surface area contributed by atoms with Crippen LogP contribution in [0, 0.1) is 0 Å². The summed E-state index contributed by atoms with van der Waals surface area (Å²) < 4.78 is 4.42. The normalized spacial score (nSPS) is 14.7. The summed E-state index contributed by atoms with van der Waals surface area (Å²) in [5.41, 5.74) is 6.96. The Hall–Kier alpha value is -1.81. The molecule has 3 aromatic rings. The van der Waals surface area contributed by atoms with Crippen LogP contribution in [0.15, 0.2) is 50.7 Å². The van der Waals surface area contributed by atoms with Crippen molar-refractivity contribution in [2.24, 2.45) is 5.73 Å². The Labute approximate surface area is 183 Å². The zero-order chi connectivity index (χ0) is 20.8. The molecule has 0 saturated heterocycles. The van der Waals surface area contributed by atoms with Crippen molar-refractivity contribution in [3.8, 4) is 0 Å². The molecule has 29 heavy (non-hydrogen) atoms. The van der Waals surface area contributed by atoms with E-state index in [-0.39, 0.29) is 5.56 Å². The van der Waals surface area contributed by atoms with Gasteiger partial charge in [-0.3, -0.25) is 9.10 Å². The number of fused-ring (bicyclic) bond motifs is 1. The van der Waals surface area contributed by atoms with Crippen LogP contribution in [0.4, 0.5) is 11.5 Å². The van der Waals surface area contributed by atoms with Gasteiger partial charge in [0.2, 0.25) is 0 Å². The topological polar surface area (TPSA) is 91.5 Å². The Kier molecular flexibility index (Phi) is 7.77. The number of benzene rings is 1. The van der Waals surface area contributed by atoms with Crippen LogP contribution >= 0.6 is 27.9 Å². The average Bonchev–Trinajstić information content (AvgIpc) is 3.05. The molecule has 2 aromatic heterocycles. The van der Waals surface area contributed by atoms with E-state index in [1.54, 1.807) is 22.7 Å². The SMILES string of the molecule is CN(C)Sc1ccc(Nc2cc(=O)[nH]c3c(Br)cnn23)cc1.NC1CCCCC1. The molecule has 1 aromatic carbocycles. The monoisotopic (exact) mass is 478 g/mol. The average molecular weight is 479 g/mol. The minimum Gasteiger partial charge on any atom is -0.340 e. The van der Waals surface area contributed by atoms with Gasteiger partial charge < -0.3 is 16.0 Å². The van der Waals surface area contributed by atoms with Crippen molar-refractivity contribution in [2.75, 3.05) is 19.4 Å². The predicted octanol–water partition coefficient (Wildman–Crippen LogP) is 4.38. The van der Waals surface area contributed by atoms with Gasteiger partial charge in [0.15, 0.2) is 5.65 Å². The molecule has 0 aliphatic heterocycles. The molecule has 1 aliphatic rings. The van der Waals surface area contributed by atoms with Crippen LogP contribution in [0.1, 0.15) is 32.1 Å². The van der Waals surface area contributed by atoms with Crippen LogP contribution in [0.25, 0.3) is 5.65 Å². The fourth-order valence-electron chi connectivity index (χ4n) is 3.14. The lowest BCUT2D eigenvalue weighted by molar-refractivity contribution is 0.441. The summed E-state index contributed by atoms with van der Waals surface area (Å²) in [7, 11) is 4.00. The molecule has 1 fully saturated rings. The number of hydrogen-bond donors (Lipinski definition) is 3. The van der Waals surface area contributed by atoms with Crippen molar-refractivity contribution in [3.63, 3.8) is 0 Å². The maximum absolute atomic E-state index is 11.8. The number of nitrogens with zero attached hydrogens (tertiary/aromatic N) is 3. The second-order valence-corrected chi connectivity index (χ2v) is 9.46. The molecule has 2 heterocycles. The van der Waals surface area contributed by atoms with Gasteiger partial charge >= 0.3 is 0 Å². The highest BCUT2D eigenvalue weighted by molar-refractivity contribution is 9.10. The molecule has 0 unspecified atom stereocenters. The lowest BCUT2D eigenvalue weighted by Gasteiger charge is -2.15. The first-order valence-electron chi connectivity index (χ1n) is 9.67. The molecule has 4 rings (SSSR count). The first kappa shape index (κ1) is 21.9. The van der Waals surface area contributed by atoms with Crippen molar-refractivity contribution < 1.29 is 0 Å². The van der Waals surface area contributed by atoms with Crippen molar-refractivity contribution in [1.82, 2.24) is 18.9 Å². The highest BCUT2D eigenvalue weighted by Gasteiger charge is 2.08. The fourth-order valence-corrected chi connectivity index (χ4v) is 4.18. The molecular formula is C20H27BrN6OS. The number of aromatic nitrogens is 3. The number of H-pyrrole nitrogens is 1. The van der Waals surface area contributed by atoms with Crippen LogP contribution in [0.5, 0.6) is 0 Å². The van der Waals surface area contributed by atoms with E-state index in [9.17, 15) is 4.79 Å². The smallest absolute Gasteiger partial charge is 0.253 e. The number of hydrogen-bond acceptors (Lipinski definition) is 6. The summed E-state index contributed by atoms with van der Waals surface area (Å²) >= 11 is 5.01. The van der Waals surface area contributed by atoms with Gasteiger partial charge in [0.25, 0.3) is 5.56 Å². The molecule has 7 nitrogen and oxygen atoms in total. The highest BCUT2D eigenvalue weighted by Crippen LogP contribution is 2.24. The highest BCUT2D eigenvalue weighted by atomic mass is 79.9. The second kappa shape index (κ2) is 10.3. The van der Waals surface area contributed by atoms with Crippen LogP contribution in [-0.4, -0.2) is 39.0 Å². The molecule has 0 bridgehead atoms. The van der Waals surface area contributed by atoms with Crippen molar-refractivity contribution >= 4 is 45.0 Å². The van der Waals surface area contributed by atoms with E-state index >= 15 is 0 Å². The third kappa shape index (κ3) is 6.33. The Morgan fingerprint density at radius 2 is 1.93 bits per heavy atom. The molecule has 0 radical (unpaired) electrons. The molecule has 1 aliphatic carbocycles. The van der Waals surface area contributed by atoms with Gasteiger partial charge in [0.1, 0.15) is 5.82 Å². The molecule has 4 N–H and O–H groups in total. The number of nitrogens with one attached hydrogen (secondary N) is 2. The molecule has 0 amide bonds. The third-order valence-corrected chi connectivity index (χ3v) is 5.96. The molecule has 156 valence electrons. The van der Waals surface area contributed by atoms with E-state index in [1.807, 2.05) is 42.7 Å². The number of nitrogens with two attached hydrogens (primary N) is 1. The lowest BCUT2D eigenvalue weighted by atomic mass is 9.97. The van der Waals surface area contributed by atoms with Gasteiger partial charge in [-0.05, 0) is 79.1 Å².